The molecule has 1 fully saturated rings. The molecule has 3 aromatic rings. The van der Waals surface area contributed by atoms with E-state index in [4.69, 9.17) is 37.4 Å². The van der Waals surface area contributed by atoms with Gasteiger partial charge in [-0.1, -0.05) is 54.4 Å². The predicted molar refractivity (Wildman–Crippen MR) is 181 cm³/mol. The van der Waals surface area contributed by atoms with Gasteiger partial charge in [-0.15, -0.1) is 0 Å². The number of Topliss-reactive ketones (excluding diaryl/α,β-unsaturated/α-hetero) is 1. The first-order chi connectivity index (χ1) is 22.4. The number of aliphatic carboxylic acids is 1. The van der Waals surface area contributed by atoms with E-state index in [-0.39, 0.29) is 40.2 Å². The van der Waals surface area contributed by atoms with E-state index in [0.717, 1.165) is 22.3 Å². The summed E-state index contributed by atoms with van der Waals surface area (Å²) in [4.78, 5) is 25.6. The molecule has 47 heavy (non-hydrogen) atoms. The minimum Gasteiger partial charge on any atom is -0.496 e. The van der Waals surface area contributed by atoms with Crippen LogP contribution in [-0.2, 0) is 37.4 Å². The van der Waals surface area contributed by atoms with Gasteiger partial charge in [0.15, 0.2) is 5.78 Å². The molecule has 3 atom stereocenters. The summed E-state index contributed by atoms with van der Waals surface area (Å²) in [7, 11) is -0.852. The van der Waals surface area contributed by atoms with Gasteiger partial charge in [-0.25, -0.2) is 8.42 Å². The maximum Gasteiger partial charge on any atom is 0.321 e. The second-order valence-electron chi connectivity index (χ2n) is 11.4. The Morgan fingerprint density at radius 3 is 2.17 bits per heavy atom. The van der Waals surface area contributed by atoms with Gasteiger partial charge in [0.2, 0.25) is 10.0 Å². The van der Waals surface area contributed by atoms with Gasteiger partial charge in [0, 0.05) is 35.7 Å². The lowest BCUT2D eigenvalue weighted by Gasteiger charge is -2.26. The Morgan fingerprint density at radius 2 is 1.62 bits per heavy atom. The number of hydrogen-bond donors (Lipinski definition) is 2. The molecule has 13 heteroatoms. The molecule has 3 aromatic carbocycles. The van der Waals surface area contributed by atoms with Gasteiger partial charge in [-0.2, -0.15) is 4.31 Å². The molecule has 1 aliphatic rings. The highest BCUT2D eigenvalue weighted by Crippen LogP contribution is 2.40. The zero-order valence-corrected chi connectivity index (χ0v) is 29.1. The van der Waals surface area contributed by atoms with Crippen molar-refractivity contribution in [2.24, 2.45) is 5.92 Å². The summed E-state index contributed by atoms with van der Waals surface area (Å²) in [5.74, 6) is -0.741. The molecule has 2 N–H and O–H groups in total. The molecule has 0 aromatic heterocycles. The lowest BCUT2D eigenvalue weighted by molar-refractivity contribution is -0.139. The van der Waals surface area contributed by atoms with Crippen LogP contribution in [0.1, 0.15) is 37.8 Å². The summed E-state index contributed by atoms with van der Waals surface area (Å²) >= 11 is 12.1. The third-order valence-corrected chi connectivity index (χ3v) is 10.5. The summed E-state index contributed by atoms with van der Waals surface area (Å²) in [6.45, 7) is 4.85. The Hall–Kier alpha value is -3.19. The van der Waals surface area contributed by atoms with E-state index in [1.807, 2.05) is 43.3 Å². The predicted octanol–water partition coefficient (Wildman–Crippen LogP) is 5.86. The van der Waals surface area contributed by atoms with Crippen molar-refractivity contribution < 1.29 is 37.3 Å². The number of carbonyl (C=O) groups excluding carboxylic acids is 1. The van der Waals surface area contributed by atoms with Crippen molar-refractivity contribution in [1.82, 2.24) is 9.62 Å². The Balaban J connectivity index is 1.43. The summed E-state index contributed by atoms with van der Waals surface area (Å²) in [5.41, 5.74) is 3.29. The van der Waals surface area contributed by atoms with E-state index in [1.54, 1.807) is 21.1 Å². The second kappa shape index (κ2) is 16.3. The molecule has 1 saturated heterocycles. The van der Waals surface area contributed by atoms with Gasteiger partial charge in [-0.05, 0) is 73.2 Å². The van der Waals surface area contributed by atoms with Crippen molar-refractivity contribution in [2.75, 3.05) is 33.9 Å². The van der Waals surface area contributed by atoms with Gasteiger partial charge in [0.25, 0.3) is 0 Å². The lowest BCUT2D eigenvalue weighted by Crippen LogP contribution is -2.46. The van der Waals surface area contributed by atoms with Gasteiger partial charge in [0.05, 0.1) is 37.3 Å². The molecule has 254 valence electrons. The topological polar surface area (TPSA) is 131 Å². The molecular weight excluding hydrogens is 667 g/mol. The number of ether oxygens (including phenoxy) is 3. The number of sulfonamides is 1. The quantitative estimate of drug-likeness (QED) is 0.188. The van der Waals surface area contributed by atoms with Crippen LogP contribution in [0.15, 0.2) is 59.5 Å². The molecule has 0 unspecified atom stereocenters. The Bertz CT molecular complexity index is 1640. The second-order valence-corrected chi connectivity index (χ2v) is 14.2. The van der Waals surface area contributed by atoms with E-state index in [1.165, 1.54) is 22.5 Å². The van der Waals surface area contributed by atoms with E-state index in [0.29, 0.717) is 37.6 Å². The summed E-state index contributed by atoms with van der Waals surface area (Å²) in [6.07, 6.45) is 1.06. The van der Waals surface area contributed by atoms with E-state index >= 15 is 0 Å². The third-order valence-electron chi connectivity index (χ3n) is 8.15. The molecule has 0 amide bonds. The van der Waals surface area contributed by atoms with E-state index in [2.05, 4.69) is 5.32 Å². The fraction of sp³-hybridized carbons (Fsp3) is 0.412. The number of nitrogens with zero attached hydrogens (tertiary/aromatic N) is 1. The van der Waals surface area contributed by atoms with E-state index < -0.39 is 34.0 Å². The van der Waals surface area contributed by atoms with E-state index in [9.17, 15) is 23.1 Å². The normalized spacial score (nSPS) is 16.5. The number of carboxylic acids is 1. The van der Waals surface area contributed by atoms with Gasteiger partial charge in [0.1, 0.15) is 17.5 Å². The smallest absolute Gasteiger partial charge is 0.321 e. The molecule has 0 aliphatic carbocycles. The van der Waals surface area contributed by atoms with Crippen molar-refractivity contribution in [2.45, 2.75) is 56.7 Å². The van der Waals surface area contributed by atoms with Gasteiger partial charge < -0.3 is 24.6 Å². The third kappa shape index (κ3) is 8.84. The van der Waals surface area contributed by atoms with Crippen LogP contribution in [0, 0.1) is 5.92 Å². The molecule has 0 spiro atoms. The number of benzene rings is 3. The Labute approximate surface area is 286 Å². The van der Waals surface area contributed by atoms with Crippen LogP contribution in [0.5, 0.6) is 11.5 Å². The molecular formula is C34H40Cl2N2O8S. The van der Waals surface area contributed by atoms with Crippen LogP contribution in [0.25, 0.3) is 11.1 Å². The SMILES string of the molecule is CCOCc1cc(OC)c(-c2ccc(C[C@H](NC[C@H](C)C(=O)[C@@H]3CCCN3S(=O)(=O)c3cc(Cl)cc(Cl)c3)C(=O)O)cc2)c(OC)c1. The summed E-state index contributed by atoms with van der Waals surface area (Å²) in [6, 6.07) is 13.5. The maximum atomic E-state index is 13.5. The van der Waals surface area contributed by atoms with Crippen molar-refractivity contribution in [3.8, 4) is 22.6 Å². The van der Waals surface area contributed by atoms with Crippen LogP contribution < -0.4 is 14.8 Å². The first kappa shape index (κ1) is 36.6. The van der Waals surface area contributed by atoms with Crippen LogP contribution in [0.2, 0.25) is 10.0 Å². The monoisotopic (exact) mass is 706 g/mol. The number of halogens is 2. The highest BCUT2D eigenvalue weighted by atomic mass is 35.5. The number of nitrogens with one attached hydrogen (secondary N) is 1. The van der Waals surface area contributed by atoms with Crippen molar-refractivity contribution in [3.63, 3.8) is 0 Å². The fourth-order valence-corrected chi connectivity index (χ4v) is 8.11. The van der Waals surface area contributed by atoms with Crippen LogP contribution >= 0.6 is 23.2 Å². The number of methoxy groups -OCH3 is 2. The minimum atomic E-state index is -4.03. The number of rotatable bonds is 16. The zero-order valence-electron chi connectivity index (χ0n) is 26.8. The first-order valence-corrected chi connectivity index (χ1v) is 17.5. The van der Waals surface area contributed by atoms with Crippen molar-refractivity contribution >= 4 is 45.0 Å². The maximum absolute atomic E-state index is 13.5. The number of carboxylic acid groups (broad SMARTS) is 1. The summed E-state index contributed by atoms with van der Waals surface area (Å²) in [5, 5.41) is 13.3. The standard InChI is InChI=1S/C34H40Cl2N2O8S/c1-5-46-20-23-14-30(44-3)32(31(15-23)45-4)24-10-8-22(9-11-24)13-28(34(40)41)37-19-21(2)33(39)29-7-6-12-38(29)47(42,43)27-17-25(35)16-26(36)18-27/h8-11,14-18,21,28-29,37H,5-7,12-13,19-20H2,1-4H3,(H,40,41)/t21-,28-,29-/m0/s1. The first-order valence-electron chi connectivity index (χ1n) is 15.3. The number of carbonyl (C=O) groups is 2. The van der Waals surface area contributed by atoms with Gasteiger partial charge >= 0.3 is 5.97 Å². The fourth-order valence-electron chi connectivity index (χ4n) is 5.72. The molecule has 1 heterocycles. The zero-order chi connectivity index (χ0) is 34.3. The van der Waals surface area contributed by atoms with Crippen molar-refractivity contribution in [3.05, 3.63) is 75.8 Å². The minimum absolute atomic E-state index is 0.0593. The molecule has 1 aliphatic heterocycles. The van der Waals surface area contributed by atoms with Gasteiger partial charge in [-0.3, -0.25) is 9.59 Å². The van der Waals surface area contributed by atoms with Crippen LogP contribution in [0.4, 0.5) is 0 Å². The highest BCUT2D eigenvalue weighted by Gasteiger charge is 2.41. The van der Waals surface area contributed by atoms with Crippen LogP contribution in [0.3, 0.4) is 0 Å². The van der Waals surface area contributed by atoms with Crippen LogP contribution in [-0.4, -0.2) is 75.6 Å². The largest absolute Gasteiger partial charge is 0.496 e. The molecule has 10 nitrogen and oxygen atoms in total. The lowest BCUT2D eigenvalue weighted by atomic mass is 9.96. The Morgan fingerprint density at radius 1 is 1.00 bits per heavy atom. The van der Waals surface area contributed by atoms with Crippen molar-refractivity contribution in [1.29, 1.82) is 0 Å². The molecule has 4 rings (SSSR count). The number of ketones is 1. The highest BCUT2D eigenvalue weighted by molar-refractivity contribution is 7.89. The average molecular weight is 708 g/mol. The average Bonchev–Trinajstić information content (AvgIpc) is 3.55. The molecule has 0 bridgehead atoms. The Kier molecular flexibility index (Phi) is 12.7. The molecule has 0 saturated carbocycles. The summed E-state index contributed by atoms with van der Waals surface area (Å²) < 4.78 is 44.9. The number of hydrogen-bond acceptors (Lipinski definition) is 8. The molecule has 0 radical (unpaired) electrons.